The van der Waals surface area contributed by atoms with Crippen LogP contribution < -0.4 is 4.74 Å². The van der Waals surface area contributed by atoms with Gasteiger partial charge in [0.25, 0.3) is 0 Å². The Morgan fingerprint density at radius 3 is 2.35 bits per heavy atom. The van der Waals surface area contributed by atoms with Crippen molar-refractivity contribution in [3.05, 3.63) is 29.8 Å². The summed E-state index contributed by atoms with van der Waals surface area (Å²) in [5.74, 6) is 2.60. The van der Waals surface area contributed by atoms with Gasteiger partial charge in [0.1, 0.15) is 5.75 Å². The zero-order valence-corrected chi connectivity index (χ0v) is 12.1. The van der Waals surface area contributed by atoms with Gasteiger partial charge in [0.2, 0.25) is 0 Å². The normalized spacial score (nSPS) is 34.0. The fourth-order valence-corrected chi connectivity index (χ4v) is 3.75. The lowest BCUT2D eigenvalue weighted by molar-refractivity contribution is -0.0251. The van der Waals surface area contributed by atoms with Crippen LogP contribution in [0, 0.1) is 11.8 Å². The Balaban J connectivity index is 1.49. The molecular weight excluding hydrogens is 248 g/mol. The fourth-order valence-electron chi connectivity index (χ4n) is 3.75. The van der Waals surface area contributed by atoms with E-state index in [1.54, 1.807) is 0 Å². The molecule has 4 rings (SSSR count). The molecule has 2 nitrogen and oxygen atoms in total. The topological polar surface area (TPSA) is 29.5 Å². The first-order valence-electron chi connectivity index (χ1n) is 8.22. The Bertz CT molecular complexity index is 473. The second kappa shape index (κ2) is 4.77. The number of aliphatic hydroxyl groups is 1. The molecule has 1 N–H and O–H groups in total. The molecule has 3 saturated carbocycles. The molecule has 0 heterocycles. The van der Waals surface area contributed by atoms with Crippen LogP contribution in [-0.2, 0) is 5.60 Å². The summed E-state index contributed by atoms with van der Waals surface area (Å²) in [5, 5.41) is 11.0. The molecule has 3 fully saturated rings. The SMILES string of the molecule is OC1(c2ccc(OC3CC3)cc2)CCCC(C2CC2)C1. The molecule has 2 atom stereocenters. The van der Waals surface area contributed by atoms with E-state index in [9.17, 15) is 5.11 Å². The third-order valence-corrected chi connectivity index (χ3v) is 5.27. The number of benzene rings is 1. The summed E-state index contributed by atoms with van der Waals surface area (Å²) in [7, 11) is 0. The monoisotopic (exact) mass is 272 g/mol. The van der Waals surface area contributed by atoms with Crippen molar-refractivity contribution < 1.29 is 9.84 Å². The van der Waals surface area contributed by atoms with Gasteiger partial charge >= 0.3 is 0 Å². The number of hydrogen-bond donors (Lipinski definition) is 1. The van der Waals surface area contributed by atoms with E-state index in [0.717, 1.165) is 42.4 Å². The molecule has 108 valence electrons. The second-order valence-corrected chi connectivity index (χ2v) is 7.07. The maximum Gasteiger partial charge on any atom is 0.119 e. The van der Waals surface area contributed by atoms with Crippen LogP contribution in [0.4, 0.5) is 0 Å². The highest BCUT2D eigenvalue weighted by atomic mass is 16.5. The minimum Gasteiger partial charge on any atom is -0.490 e. The minimum atomic E-state index is -0.594. The van der Waals surface area contributed by atoms with Crippen molar-refractivity contribution in [2.75, 3.05) is 0 Å². The maximum atomic E-state index is 11.0. The minimum absolute atomic E-state index is 0.442. The van der Waals surface area contributed by atoms with Gasteiger partial charge in [0.05, 0.1) is 11.7 Å². The van der Waals surface area contributed by atoms with E-state index in [-0.39, 0.29) is 0 Å². The van der Waals surface area contributed by atoms with Gasteiger partial charge < -0.3 is 9.84 Å². The van der Waals surface area contributed by atoms with Crippen LogP contribution in [-0.4, -0.2) is 11.2 Å². The van der Waals surface area contributed by atoms with E-state index >= 15 is 0 Å². The van der Waals surface area contributed by atoms with Crippen LogP contribution in [0.1, 0.15) is 56.9 Å². The number of hydrogen-bond acceptors (Lipinski definition) is 2. The summed E-state index contributed by atoms with van der Waals surface area (Å²) in [6.07, 6.45) is 9.94. The molecule has 2 unspecified atom stereocenters. The van der Waals surface area contributed by atoms with Gasteiger partial charge in [-0.15, -0.1) is 0 Å². The molecule has 1 aromatic carbocycles. The van der Waals surface area contributed by atoms with Crippen molar-refractivity contribution in [3.63, 3.8) is 0 Å². The standard InChI is InChI=1S/C18H24O2/c19-18(11-1-2-14(12-18)13-3-4-13)15-5-7-16(8-6-15)20-17-9-10-17/h5-8,13-14,17,19H,1-4,9-12H2. The predicted molar refractivity (Wildman–Crippen MR) is 78.7 cm³/mol. The van der Waals surface area contributed by atoms with E-state index in [1.807, 2.05) is 12.1 Å². The molecule has 20 heavy (non-hydrogen) atoms. The van der Waals surface area contributed by atoms with E-state index < -0.39 is 5.60 Å². The summed E-state index contributed by atoms with van der Waals surface area (Å²) in [6, 6.07) is 8.22. The summed E-state index contributed by atoms with van der Waals surface area (Å²) in [5.41, 5.74) is 0.495. The van der Waals surface area contributed by atoms with Gasteiger partial charge in [-0.05, 0) is 80.9 Å². The highest BCUT2D eigenvalue weighted by molar-refractivity contribution is 5.31. The maximum absolute atomic E-state index is 11.0. The second-order valence-electron chi connectivity index (χ2n) is 7.07. The highest BCUT2D eigenvalue weighted by Gasteiger charge is 2.41. The average molecular weight is 272 g/mol. The van der Waals surface area contributed by atoms with Gasteiger partial charge in [-0.1, -0.05) is 12.1 Å². The molecule has 0 saturated heterocycles. The first kappa shape index (κ1) is 12.7. The van der Waals surface area contributed by atoms with Gasteiger partial charge in [0.15, 0.2) is 0 Å². The third-order valence-electron chi connectivity index (χ3n) is 5.27. The Morgan fingerprint density at radius 2 is 1.70 bits per heavy atom. The smallest absolute Gasteiger partial charge is 0.119 e. The molecule has 0 aromatic heterocycles. The van der Waals surface area contributed by atoms with Crippen LogP contribution in [0.5, 0.6) is 5.75 Å². The van der Waals surface area contributed by atoms with Gasteiger partial charge in [-0.2, -0.15) is 0 Å². The van der Waals surface area contributed by atoms with Gasteiger partial charge in [-0.25, -0.2) is 0 Å². The summed E-state index contributed by atoms with van der Waals surface area (Å²) in [4.78, 5) is 0. The van der Waals surface area contributed by atoms with Crippen molar-refractivity contribution in [2.24, 2.45) is 11.8 Å². The Morgan fingerprint density at radius 1 is 0.950 bits per heavy atom. The average Bonchev–Trinajstić information content (AvgIpc) is 3.33. The molecule has 0 radical (unpaired) electrons. The van der Waals surface area contributed by atoms with E-state index in [1.165, 1.54) is 32.1 Å². The first-order chi connectivity index (χ1) is 9.73. The van der Waals surface area contributed by atoms with Crippen molar-refractivity contribution >= 4 is 0 Å². The van der Waals surface area contributed by atoms with E-state index in [2.05, 4.69) is 12.1 Å². The quantitative estimate of drug-likeness (QED) is 0.897. The lowest BCUT2D eigenvalue weighted by Gasteiger charge is -2.37. The van der Waals surface area contributed by atoms with Crippen molar-refractivity contribution in [3.8, 4) is 5.75 Å². The number of ether oxygens (including phenoxy) is 1. The van der Waals surface area contributed by atoms with Gasteiger partial charge in [0, 0.05) is 0 Å². The molecule has 0 amide bonds. The summed E-state index contributed by atoms with van der Waals surface area (Å²) in [6.45, 7) is 0. The van der Waals surface area contributed by atoms with Crippen molar-refractivity contribution in [1.29, 1.82) is 0 Å². The van der Waals surface area contributed by atoms with Gasteiger partial charge in [-0.3, -0.25) is 0 Å². The van der Waals surface area contributed by atoms with Crippen LogP contribution in [0.25, 0.3) is 0 Å². The summed E-state index contributed by atoms with van der Waals surface area (Å²) < 4.78 is 5.79. The van der Waals surface area contributed by atoms with Crippen LogP contribution >= 0.6 is 0 Å². The first-order valence-corrected chi connectivity index (χ1v) is 8.22. The van der Waals surface area contributed by atoms with E-state index in [4.69, 9.17) is 4.74 Å². The molecule has 0 bridgehead atoms. The molecule has 1 aromatic rings. The molecule has 0 spiro atoms. The van der Waals surface area contributed by atoms with E-state index in [0.29, 0.717) is 6.10 Å². The third kappa shape index (κ3) is 2.58. The highest BCUT2D eigenvalue weighted by Crippen LogP contribution is 2.49. The molecule has 2 heteroatoms. The molecule has 0 aliphatic heterocycles. The zero-order chi connectivity index (χ0) is 13.6. The molecule has 3 aliphatic rings. The lowest BCUT2D eigenvalue weighted by Crippen LogP contribution is -2.33. The zero-order valence-electron chi connectivity index (χ0n) is 12.1. The predicted octanol–water partition coefficient (Wildman–Crippen LogP) is 4.02. The van der Waals surface area contributed by atoms with Crippen molar-refractivity contribution in [1.82, 2.24) is 0 Å². The van der Waals surface area contributed by atoms with Crippen LogP contribution in [0.15, 0.2) is 24.3 Å². The fraction of sp³-hybridized carbons (Fsp3) is 0.667. The Kier molecular flexibility index (Phi) is 3.03. The molecular formula is C18H24O2. The number of rotatable bonds is 4. The Hall–Kier alpha value is -1.02. The summed E-state index contributed by atoms with van der Waals surface area (Å²) >= 11 is 0. The van der Waals surface area contributed by atoms with Crippen molar-refractivity contribution in [2.45, 2.75) is 63.1 Å². The Labute approximate surface area is 121 Å². The lowest BCUT2D eigenvalue weighted by atomic mass is 9.73. The molecule has 3 aliphatic carbocycles. The van der Waals surface area contributed by atoms with Crippen LogP contribution in [0.3, 0.4) is 0 Å². The van der Waals surface area contributed by atoms with Crippen LogP contribution in [0.2, 0.25) is 0 Å². The largest absolute Gasteiger partial charge is 0.490 e.